The van der Waals surface area contributed by atoms with Gasteiger partial charge in [-0.3, -0.25) is 9.59 Å². The number of para-hydroxylation sites is 1. The number of Topliss-reactive ketones (excluding diaryl/α,β-unsaturated/α-hetero) is 1. The number of anilines is 1. The number of fused-ring (bicyclic) bond motifs is 1. The number of carbonyl (C=O) groups is 3. The fraction of sp³-hybridized carbons (Fsp3) is 0.190. The second-order valence-corrected chi connectivity index (χ2v) is 6.85. The second kappa shape index (κ2) is 7.65. The van der Waals surface area contributed by atoms with E-state index in [-0.39, 0.29) is 23.4 Å². The Kier molecular flexibility index (Phi) is 4.99. The molecule has 31 heavy (non-hydrogen) atoms. The Morgan fingerprint density at radius 1 is 1.23 bits per heavy atom. The van der Waals surface area contributed by atoms with Gasteiger partial charge in [-0.15, -0.1) is 0 Å². The van der Waals surface area contributed by atoms with E-state index in [1.807, 2.05) is 0 Å². The van der Waals surface area contributed by atoms with Crippen LogP contribution in [0.4, 0.5) is 5.69 Å². The zero-order valence-electron chi connectivity index (χ0n) is 16.3. The van der Waals surface area contributed by atoms with Gasteiger partial charge in [0, 0.05) is 23.4 Å². The summed E-state index contributed by atoms with van der Waals surface area (Å²) >= 11 is 0. The highest BCUT2D eigenvalue weighted by Gasteiger charge is 2.48. The molecule has 0 bridgehead atoms. The molecule has 158 valence electrons. The highest BCUT2D eigenvalue weighted by molar-refractivity contribution is 6.09. The molecule has 0 spiro atoms. The number of hydrogen-bond donors (Lipinski definition) is 2. The van der Waals surface area contributed by atoms with Crippen molar-refractivity contribution in [1.82, 2.24) is 5.27 Å². The van der Waals surface area contributed by atoms with Crippen LogP contribution in [0.25, 0.3) is 5.69 Å². The Labute approximate surface area is 175 Å². The Morgan fingerprint density at radius 3 is 2.65 bits per heavy atom. The minimum Gasteiger partial charge on any atom is -0.539 e. The lowest BCUT2D eigenvalue weighted by molar-refractivity contribution is -0.672. The van der Waals surface area contributed by atoms with Crippen molar-refractivity contribution in [1.29, 1.82) is 0 Å². The van der Waals surface area contributed by atoms with E-state index in [1.165, 1.54) is 30.3 Å². The van der Waals surface area contributed by atoms with Crippen molar-refractivity contribution in [3.63, 3.8) is 0 Å². The number of rotatable bonds is 6. The van der Waals surface area contributed by atoms with Crippen LogP contribution in [0.15, 0.2) is 53.1 Å². The molecule has 2 heterocycles. The Hall–Kier alpha value is -4.05. The molecule has 4 rings (SSSR count). The third-order valence-electron chi connectivity index (χ3n) is 4.91. The van der Waals surface area contributed by atoms with Crippen LogP contribution in [0.1, 0.15) is 39.8 Å². The first-order valence-electron chi connectivity index (χ1n) is 9.38. The third kappa shape index (κ3) is 3.42. The molecule has 2 aromatic carbocycles. The van der Waals surface area contributed by atoms with Crippen LogP contribution in [-0.4, -0.2) is 34.6 Å². The lowest BCUT2D eigenvalue weighted by Crippen LogP contribution is -2.42. The quantitative estimate of drug-likeness (QED) is 0.333. The largest absolute Gasteiger partial charge is 0.539 e. The monoisotopic (exact) mass is 423 g/mol. The Morgan fingerprint density at radius 2 is 1.94 bits per heavy atom. The number of hydrogen-bond acceptors (Lipinski definition) is 8. The molecule has 2 N–H and O–H groups in total. The van der Waals surface area contributed by atoms with E-state index in [0.717, 1.165) is 4.68 Å². The molecule has 1 atom stereocenters. The average molecular weight is 423 g/mol. The van der Waals surface area contributed by atoms with Crippen molar-refractivity contribution in [2.24, 2.45) is 0 Å². The van der Waals surface area contributed by atoms with Crippen LogP contribution >= 0.6 is 0 Å². The lowest BCUT2D eigenvalue weighted by Gasteiger charge is -2.18. The number of carbonyl (C=O) groups excluding carboxylic acids is 3. The maximum absolute atomic E-state index is 13.0. The van der Waals surface area contributed by atoms with Crippen molar-refractivity contribution >= 4 is 23.3 Å². The van der Waals surface area contributed by atoms with Crippen LogP contribution in [-0.2, 0) is 15.1 Å². The van der Waals surface area contributed by atoms with Gasteiger partial charge in [0.1, 0.15) is 0 Å². The van der Waals surface area contributed by atoms with Crippen LogP contribution in [0.2, 0.25) is 0 Å². The molecule has 1 aliphatic rings. The van der Waals surface area contributed by atoms with Gasteiger partial charge in [-0.05, 0) is 29.8 Å². The fourth-order valence-electron chi connectivity index (χ4n) is 3.40. The first-order valence-corrected chi connectivity index (χ1v) is 9.38. The molecule has 0 fully saturated rings. The highest BCUT2D eigenvalue weighted by atomic mass is 16.6. The summed E-state index contributed by atoms with van der Waals surface area (Å²) in [6.07, 6.45) is -0.687. The molecule has 1 aromatic heterocycles. The maximum Gasteiger partial charge on any atom is 0.338 e. The molecule has 1 amide bonds. The van der Waals surface area contributed by atoms with Crippen molar-refractivity contribution in [2.45, 2.75) is 18.9 Å². The summed E-state index contributed by atoms with van der Waals surface area (Å²) in [7, 11) is 0. The molecule has 10 heteroatoms. The predicted octanol–water partition coefficient (Wildman–Crippen LogP) is 0.614. The molecule has 1 aliphatic heterocycles. The zero-order chi connectivity index (χ0) is 22.2. The number of nitrogens with one attached hydrogen (secondary N) is 1. The van der Waals surface area contributed by atoms with Crippen molar-refractivity contribution in [3.8, 4) is 11.6 Å². The average Bonchev–Trinajstić information content (AvgIpc) is 3.26. The summed E-state index contributed by atoms with van der Waals surface area (Å²) in [5.74, 6) is -3.14. The van der Waals surface area contributed by atoms with Gasteiger partial charge < -0.3 is 24.8 Å². The number of nitrogens with zero attached hydrogens (tertiary/aromatic N) is 2. The molecule has 0 aliphatic carbocycles. The number of aliphatic hydroxyl groups is 1. The van der Waals surface area contributed by atoms with E-state index in [1.54, 1.807) is 25.1 Å². The Balaban J connectivity index is 1.65. The maximum atomic E-state index is 13.0. The smallest absolute Gasteiger partial charge is 0.338 e. The molecule has 10 nitrogen and oxygen atoms in total. The van der Waals surface area contributed by atoms with Gasteiger partial charge in [0.2, 0.25) is 11.5 Å². The highest BCUT2D eigenvalue weighted by Crippen LogP contribution is 2.39. The SMILES string of the molecule is CCOC(=O)c1ccc(-[n+]2noc([O-])c2C(=O)CC2(O)C(=O)Nc3ccccc32)cc1. The van der Waals surface area contributed by atoms with E-state index >= 15 is 0 Å². The summed E-state index contributed by atoms with van der Waals surface area (Å²) in [5, 5.41) is 29.2. The van der Waals surface area contributed by atoms with E-state index in [2.05, 4.69) is 15.1 Å². The number of ketones is 1. The third-order valence-corrected chi connectivity index (χ3v) is 4.91. The summed E-state index contributed by atoms with van der Waals surface area (Å²) in [6.45, 7) is 1.90. The zero-order valence-corrected chi connectivity index (χ0v) is 16.3. The minimum absolute atomic E-state index is 0.219. The number of aromatic nitrogens is 2. The number of benzene rings is 2. The van der Waals surface area contributed by atoms with Gasteiger partial charge in [0.15, 0.2) is 11.5 Å². The molecule has 3 aromatic rings. The van der Waals surface area contributed by atoms with Gasteiger partial charge in [0.25, 0.3) is 5.91 Å². The summed E-state index contributed by atoms with van der Waals surface area (Å²) in [5.41, 5.74) is -1.43. The van der Waals surface area contributed by atoms with Gasteiger partial charge in [0.05, 0.1) is 23.9 Å². The second-order valence-electron chi connectivity index (χ2n) is 6.85. The standard InChI is InChI=1S/C21H17N3O7/c1-2-30-18(26)12-7-9-13(10-8-12)24-17(19(27)31-23-24)16(25)11-21(29)14-5-3-4-6-15(14)22-20(21)28/h3-10,29H,2,11H2,1H3,(H-,22,23,25,27,28). The molecule has 1 unspecified atom stereocenters. The normalized spacial score (nSPS) is 17.2. The summed E-state index contributed by atoms with van der Waals surface area (Å²) in [6, 6.07) is 12.2. The molecule has 0 saturated heterocycles. The molecular weight excluding hydrogens is 406 g/mol. The summed E-state index contributed by atoms with van der Waals surface area (Å²) < 4.78 is 10.5. The summed E-state index contributed by atoms with van der Waals surface area (Å²) in [4.78, 5) is 37.1. The first-order chi connectivity index (χ1) is 14.8. The molecule has 0 saturated carbocycles. The minimum atomic E-state index is -2.14. The van der Waals surface area contributed by atoms with Crippen LogP contribution in [0, 0.1) is 0 Å². The first kappa shape index (κ1) is 20.2. The topological polar surface area (TPSA) is 146 Å². The van der Waals surface area contributed by atoms with E-state index in [0.29, 0.717) is 5.69 Å². The predicted molar refractivity (Wildman–Crippen MR) is 101 cm³/mol. The van der Waals surface area contributed by atoms with Crippen molar-refractivity contribution in [2.75, 3.05) is 11.9 Å². The van der Waals surface area contributed by atoms with Gasteiger partial charge in [-0.1, -0.05) is 18.2 Å². The van der Waals surface area contributed by atoms with Crippen LogP contribution in [0.5, 0.6) is 5.95 Å². The van der Waals surface area contributed by atoms with Crippen LogP contribution in [0.3, 0.4) is 0 Å². The molecular formula is C21H17N3O7. The van der Waals surface area contributed by atoms with Gasteiger partial charge in [-0.25, -0.2) is 4.79 Å². The van der Waals surface area contributed by atoms with E-state index < -0.39 is 41.3 Å². The molecule has 0 radical (unpaired) electrons. The van der Waals surface area contributed by atoms with Crippen molar-refractivity contribution in [3.05, 3.63) is 65.4 Å². The van der Waals surface area contributed by atoms with Crippen molar-refractivity contribution < 1.29 is 38.5 Å². The van der Waals surface area contributed by atoms with Crippen LogP contribution < -0.4 is 15.1 Å². The number of ether oxygens (including phenoxy) is 1. The number of amides is 1. The lowest BCUT2D eigenvalue weighted by atomic mass is 9.89. The Bertz CT molecular complexity index is 1190. The fourth-order valence-corrected chi connectivity index (χ4v) is 3.40. The van der Waals surface area contributed by atoms with E-state index in [4.69, 9.17) is 4.74 Å². The van der Waals surface area contributed by atoms with Gasteiger partial charge in [-0.2, -0.15) is 0 Å². The van der Waals surface area contributed by atoms with Gasteiger partial charge >= 0.3 is 11.7 Å². The van der Waals surface area contributed by atoms with E-state index in [9.17, 15) is 24.6 Å². The number of esters is 1.